The second-order valence-corrected chi connectivity index (χ2v) is 9.96. The maximum atomic E-state index is 13.2. The molecule has 0 amide bonds. The van der Waals surface area contributed by atoms with Crippen molar-refractivity contribution in [2.24, 2.45) is 0 Å². The number of thiazole rings is 1. The molecule has 34 heavy (non-hydrogen) atoms. The van der Waals surface area contributed by atoms with Crippen LogP contribution in [0.5, 0.6) is 0 Å². The number of fused-ring (bicyclic) bond motifs is 3. The van der Waals surface area contributed by atoms with Crippen LogP contribution in [0.15, 0.2) is 101 Å². The molecule has 0 bridgehead atoms. The van der Waals surface area contributed by atoms with Gasteiger partial charge in [-0.05, 0) is 42.3 Å². The Kier molecular flexibility index (Phi) is 5.32. The molecule has 3 aromatic carbocycles. The van der Waals surface area contributed by atoms with Gasteiger partial charge in [0, 0.05) is 11.4 Å². The van der Waals surface area contributed by atoms with Crippen LogP contribution in [0.25, 0.3) is 32.7 Å². The summed E-state index contributed by atoms with van der Waals surface area (Å²) in [6.45, 7) is 2.99. The van der Waals surface area contributed by atoms with Gasteiger partial charge in [-0.25, -0.2) is 9.38 Å². The second-order valence-electron chi connectivity index (χ2n) is 7.92. The lowest BCUT2D eigenvalue weighted by molar-refractivity contribution is 0.557. The van der Waals surface area contributed by atoms with Gasteiger partial charge in [0.25, 0.3) is 5.56 Å². The zero-order chi connectivity index (χ0) is 23.1. The van der Waals surface area contributed by atoms with Gasteiger partial charge in [0.2, 0.25) is 0 Å². The first-order chi connectivity index (χ1) is 16.7. The molecule has 0 aliphatic carbocycles. The molecule has 0 saturated heterocycles. The summed E-state index contributed by atoms with van der Waals surface area (Å²) < 4.78 is 2.40. The van der Waals surface area contributed by atoms with Crippen molar-refractivity contribution in [2.75, 3.05) is 6.54 Å². The highest BCUT2D eigenvalue weighted by Gasteiger charge is 2.28. The molecule has 166 valence electrons. The highest BCUT2D eigenvalue weighted by Crippen LogP contribution is 2.50. The molecular formula is C28H21N3OS2. The van der Waals surface area contributed by atoms with Gasteiger partial charge in [-0.1, -0.05) is 95.9 Å². The molecule has 2 aromatic heterocycles. The van der Waals surface area contributed by atoms with Gasteiger partial charge in [0.05, 0.1) is 26.3 Å². The fourth-order valence-corrected chi connectivity index (χ4v) is 6.50. The topological polar surface area (TPSA) is 37.6 Å². The largest absolute Gasteiger partial charge is 0.335 e. The van der Waals surface area contributed by atoms with Crippen molar-refractivity contribution in [1.82, 2.24) is 14.3 Å². The summed E-state index contributed by atoms with van der Waals surface area (Å²) in [4.78, 5) is 22.1. The van der Waals surface area contributed by atoms with Gasteiger partial charge in [0.15, 0.2) is 4.96 Å². The van der Waals surface area contributed by atoms with E-state index in [0.717, 1.165) is 27.6 Å². The summed E-state index contributed by atoms with van der Waals surface area (Å²) >= 11 is 3.19. The van der Waals surface area contributed by atoms with Gasteiger partial charge in [0.1, 0.15) is 0 Å². The Labute approximate surface area is 205 Å². The van der Waals surface area contributed by atoms with Crippen molar-refractivity contribution in [2.45, 2.75) is 6.92 Å². The highest BCUT2D eigenvalue weighted by atomic mass is 32.2. The molecule has 0 radical (unpaired) electrons. The molecule has 4 nitrogen and oxygen atoms in total. The Hall–Kier alpha value is -3.61. The number of para-hydroxylation sites is 2. The van der Waals surface area contributed by atoms with E-state index >= 15 is 0 Å². The van der Waals surface area contributed by atoms with E-state index in [0.29, 0.717) is 4.53 Å². The molecule has 3 heterocycles. The Balaban J connectivity index is 1.47. The molecule has 0 N–H and O–H groups in total. The number of hydrogen-bond acceptors (Lipinski definition) is 5. The normalized spacial score (nSPS) is 16.0. The third-order valence-corrected chi connectivity index (χ3v) is 8.07. The number of thioether (sulfide) groups is 1. The van der Waals surface area contributed by atoms with Gasteiger partial charge >= 0.3 is 0 Å². The summed E-state index contributed by atoms with van der Waals surface area (Å²) in [5.41, 5.74) is 5.27. The fourth-order valence-electron chi connectivity index (χ4n) is 4.32. The molecule has 1 aliphatic rings. The monoisotopic (exact) mass is 479 g/mol. The van der Waals surface area contributed by atoms with Crippen molar-refractivity contribution < 1.29 is 0 Å². The lowest BCUT2D eigenvalue weighted by Crippen LogP contribution is -2.22. The summed E-state index contributed by atoms with van der Waals surface area (Å²) in [7, 11) is 0. The van der Waals surface area contributed by atoms with Crippen molar-refractivity contribution in [1.29, 1.82) is 0 Å². The minimum atomic E-state index is -0.0175. The number of rotatable bonds is 4. The van der Waals surface area contributed by atoms with Gasteiger partial charge in [-0.2, -0.15) is 0 Å². The molecule has 0 atom stereocenters. The van der Waals surface area contributed by atoms with Crippen LogP contribution < -0.4 is 10.1 Å². The SMILES string of the molecule is CCN1C(c2ccccc2)=C(c2ccccc2)S/C1=C\C=c1/sc2nc3ccccc3n2c1=O. The Morgan fingerprint density at radius 3 is 2.26 bits per heavy atom. The van der Waals surface area contributed by atoms with Crippen molar-refractivity contribution in [3.63, 3.8) is 0 Å². The molecule has 0 spiro atoms. The zero-order valence-corrected chi connectivity index (χ0v) is 20.1. The summed E-state index contributed by atoms with van der Waals surface area (Å²) in [5.74, 6) is 0. The lowest BCUT2D eigenvalue weighted by atomic mass is 10.1. The van der Waals surface area contributed by atoms with Crippen LogP contribution in [0.4, 0.5) is 0 Å². The number of aromatic nitrogens is 2. The van der Waals surface area contributed by atoms with Crippen LogP contribution in [0, 0.1) is 0 Å². The van der Waals surface area contributed by atoms with Crippen LogP contribution in [-0.4, -0.2) is 20.8 Å². The molecular weight excluding hydrogens is 458 g/mol. The van der Waals surface area contributed by atoms with Crippen LogP contribution in [0.1, 0.15) is 18.1 Å². The molecule has 6 rings (SSSR count). The first-order valence-corrected chi connectivity index (χ1v) is 12.8. The van der Waals surface area contributed by atoms with Crippen LogP contribution in [-0.2, 0) is 0 Å². The zero-order valence-electron chi connectivity index (χ0n) is 18.5. The number of nitrogens with zero attached hydrogens (tertiary/aromatic N) is 3. The van der Waals surface area contributed by atoms with Crippen LogP contribution in [0.2, 0.25) is 0 Å². The van der Waals surface area contributed by atoms with E-state index in [9.17, 15) is 4.79 Å². The number of allylic oxidation sites excluding steroid dienone is 1. The smallest absolute Gasteiger partial charge is 0.274 e. The maximum Gasteiger partial charge on any atom is 0.274 e. The van der Waals surface area contributed by atoms with Crippen LogP contribution in [0.3, 0.4) is 0 Å². The van der Waals surface area contributed by atoms with E-state index in [2.05, 4.69) is 71.4 Å². The van der Waals surface area contributed by atoms with Gasteiger partial charge in [-0.3, -0.25) is 4.79 Å². The average Bonchev–Trinajstić information content (AvgIpc) is 3.54. The lowest BCUT2D eigenvalue weighted by Gasteiger charge is -2.21. The third-order valence-electron chi connectivity index (χ3n) is 5.88. The fraction of sp³-hybridized carbons (Fsp3) is 0.0714. The van der Waals surface area contributed by atoms with E-state index < -0.39 is 0 Å². The number of benzene rings is 3. The molecule has 1 aliphatic heterocycles. The van der Waals surface area contributed by atoms with E-state index in [-0.39, 0.29) is 5.56 Å². The predicted molar refractivity (Wildman–Crippen MR) is 144 cm³/mol. The Morgan fingerprint density at radius 2 is 1.53 bits per heavy atom. The summed E-state index contributed by atoms with van der Waals surface area (Å²) in [6.07, 6.45) is 4.01. The Bertz CT molecular complexity index is 1680. The van der Waals surface area contributed by atoms with Crippen LogP contribution >= 0.6 is 23.1 Å². The number of imidazole rings is 1. The first-order valence-electron chi connectivity index (χ1n) is 11.2. The summed E-state index contributed by atoms with van der Waals surface area (Å²) in [6, 6.07) is 28.8. The van der Waals surface area contributed by atoms with Crippen molar-refractivity contribution in [3.05, 3.63) is 122 Å². The molecule has 0 unspecified atom stereocenters. The van der Waals surface area contributed by atoms with Crippen molar-refractivity contribution >= 4 is 55.8 Å². The second kappa shape index (κ2) is 8.63. The predicted octanol–water partition coefficient (Wildman–Crippen LogP) is 5.84. The minimum absolute atomic E-state index is 0.0175. The molecule has 0 fully saturated rings. The number of hydrogen-bond donors (Lipinski definition) is 0. The average molecular weight is 480 g/mol. The van der Waals surface area contributed by atoms with E-state index in [1.165, 1.54) is 33.1 Å². The van der Waals surface area contributed by atoms with Gasteiger partial charge < -0.3 is 4.90 Å². The highest BCUT2D eigenvalue weighted by molar-refractivity contribution is 8.12. The van der Waals surface area contributed by atoms with E-state index in [4.69, 9.17) is 0 Å². The third kappa shape index (κ3) is 3.47. The van der Waals surface area contributed by atoms with Crippen molar-refractivity contribution in [3.8, 4) is 0 Å². The summed E-state index contributed by atoms with van der Waals surface area (Å²) in [5, 5.41) is 1.11. The minimum Gasteiger partial charge on any atom is -0.335 e. The molecule has 0 saturated carbocycles. The van der Waals surface area contributed by atoms with E-state index in [1.807, 2.05) is 42.5 Å². The van der Waals surface area contributed by atoms with Gasteiger partial charge in [-0.15, -0.1) is 0 Å². The maximum absolute atomic E-state index is 13.2. The molecule has 5 aromatic rings. The standard InChI is InChI=1S/C28H21N3OS2/c1-2-30-24(18-17-23-27(32)31-22-16-10-9-15-21(22)29-28(31)33-23)34-26(20-13-7-4-8-14-20)25(30)19-11-5-3-6-12-19/h3-18H,2H2,1H3/b23-17-,24-18-. The molecule has 6 heteroatoms. The first kappa shape index (κ1) is 21.0. The Morgan fingerprint density at radius 1 is 0.853 bits per heavy atom. The van der Waals surface area contributed by atoms with E-state index in [1.54, 1.807) is 16.2 Å². The quantitative estimate of drug-likeness (QED) is 0.324.